The second-order valence-electron chi connectivity index (χ2n) is 6.31. The second-order valence-corrected chi connectivity index (χ2v) is 12.8. The summed E-state index contributed by atoms with van der Waals surface area (Å²) in [6.45, 7) is 8.12. The molecule has 0 radical (unpaired) electrons. The van der Waals surface area contributed by atoms with Gasteiger partial charge in [-0.05, 0) is 22.0 Å². The first kappa shape index (κ1) is 17.0. The zero-order chi connectivity index (χ0) is 16.3. The van der Waals surface area contributed by atoms with Crippen LogP contribution in [-0.4, -0.2) is 31.3 Å². The summed E-state index contributed by atoms with van der Waals surface area (Å²) in [5, 5.41) is 10.1. The van der Waals surface area contributed by atoms with Crippen molar-refractivity contribution >= 4 is 34.9 Å². The smallest absolute Gasteiger partial charge is 0.238 e. The third-order valence-corrected chi connectivity index (χ3v) is 5.66. The van der Waals surface area contributed by atoms with Gasteiger partial charge >= 0.3 is 0 Å². The number of pyridine rings is 1. The molecule has 0 N–H and O–H groups in total. The Hall–Kier alpha value is -1.36. The minimum absolute atomic E-state index is 0.416. The molecule has 0 aliphatic carbocycles. The van der Waals surface area contributed by atoms with E-state index in [9.17, 15) is 5.26 Å². The highest BCUT2D eigenvalue weighted by Crippen LogP contribution is 2.33. The van der Waals surface area contributed by atoms with E-state index in [2.05, 4.69) is 46.6 Å². The van der Waals surface area contributed by atoms with E-state index in [-0.39, 0.29) is 0 Å². The molecule has 0 bridgehead atoms. The van der Waals surface area contributed by atoms with Crippen molar-refractivity contribution in [1.82, 2.24) is 9.55 Å². The molecule has 0 saturated carbocycles. The van der Waals surface area contributed by atoms with Crippen LogP contribution in [0.2, 0.25) is 25.7 Å². The molecule has 0 amide bonds. The molecule has 0 saturated heterocycles. The first-order valence-electron chi connectivity index (χ1n) is 7.06. The summed E-state index contributed by atoms with van der Waals surface area (Å²) in [5.41, 5.74) is 1.30. The van der Waals surface area contributed by atoms with Gasteiger partial charge in [-0.2, -0.15) is 5.26 Å². The van der Waals surface area contributed by atoms with Gasteiger partial charge in [-0.3, -0.25) is 0 Å². The molecule has 118 valence electrons. The lowest BCUT2D eigenvalue weighted by molar-refractivity contribution is 0.0898. The zero-order valence-electron chi connectivity index (χ0n) is 13.3. The molecule has 0 unspecified atom stereocenters. The maximum atomic E-state index is 9.25. The molecule has 0 atom stereocenters. The molecule has 0 aromatic carbocycles. The fraction of sp³-hybridized carbons (Fsp3) is 0.467. The predicted molar refractivity (Wildman–Crippen MR) is 92.8 cm³/mol. The number of nitrogens with zero attached hydrogens (tertiary/aromatic N) is 3. The van der Waals surface area contributed by atoms with Crippen LogP contribution in [0.3, 0.4) is 0 Å². The van der Waals surface area contributed by atoms with Gasteiger partial charge in [0.1, 0.15) is 18.3 Å². The largest absolute Gasteiger partial charge is 0.479 e. The summed E-state index contributed by atoms with van der Waals surface area (Å²) in [4.78, 5) is 4.20. The van der Waals surface area contributed by atoms with Crippen LogP contribution in [0, 0.1) is 11.3 Å². The Balaban J connectivity index is 2.29. The van der Waals surface area contributed by atoms with E-state index in [0.717, 1.165) is 28.0 Å². The van der Waals surface area contributed by atoms with E-state index in [1.807, 2.05) is 10.8 Å². The Morgan fingerprint density at radius 1 is 1.41 bits per heavy atom. The number of aromatic nitrogens is 2. The Kier molecular flexibility index (Phi) is 5.27. The lowest BCUT2D eigenvalue weighted by Gasteiger charge is -2.16. The third kappa shape index (κ3) is 3.69. The Morgan fingerprint density at radius 2 is 2.14 bits per heavy atom. The predicted octanol–water partition coefficient (Wildman–Crippen LogP) is 3.99. The number of halogens is 1. The number of methoxy groups -OCH3 is 1. The summed E-state index contributed by atoms with van der Waals surface area (Å²) in [5.74, 6) is 0.494. The van der Waals surface area contributed by atoms with Crippen molar-refractivity contribution in [2.24, 2.45) is 0 Å². The van der Waals surface area contributed by atoms with Crippen molar-refractivity contribution in [3.8, 4) is 11.9 Å². The molecule has 5 nitrogen and oxygen atoms in total. The van der Waals surface area contributed by atoms with Crippen molar-refractivity contribution in [1.29, 1.82) is 5.26 Å². The van der Waals surface area contributed by atoms with E-state index < -0.39 is 8.07 Å². The number of fused-ring (bicyclic) bond motifs is 1. The van der Waals surface area contributed by atoms with Gasteiger partial charge in [0.15, 0.2) is 0 Å². The summed E-state index contributed by atoms with van der Waals surface area (Å²) >= 11 is 3.51. The Labute approximate surface area is 140 Å². The quantitative estimate of drug-likeness (QED) is 0.560. The molecular weight excluding hydrogens is 362 g/mol. The lowest BCUT2D eigenvalue weighted by atomic mass is 10.2. The zero-order valence-corrected chi connectivity index (χ0v) is 15.9. The Morgan fingerprint density at radius 3 is 2.73 bits per heavy atom. The van der Waals surface area contributed by atoms with Crippen LogP contribution in [0.15, 0.2) is 16.9 Å². The van der Waals surface area contributed by atoms with E-state index in [1.54, 1.807) is 7.11 Å². The van der Waals surface area contributed by atoms with Crippen LogP contribution in [0.1, 0.15) is 5.56 Å². The molecular formula is C15H20BrN3O2Si. The molecule has 2 aromatic heterocycles. The van der Waals surface area contributed by atoms with E-state index >= 15 is 0 Å². The molecule has 2 aromatic rings. The highest BCUT2D eigenvalue weighted by atomic mass is 79.9. The first-order valence-corrected chi connectivity index (χ1v) is 11.6. The van der Waals surface area contributed by atoms with Gasteiger partial charge in [0.2, 0.25) is 5.88 Å². The third-order valence-electron chi connectivity index (χ3n) is 3.36. The van der Waals surface area contributed by atoms with Crippen molar-refractivity contribution in [3.05, 3.63) is 22.4 Å². The molecule has 0 aliphatic heterocycles. The van der Waals surface area contributed by atoms with Crippen molar-refractivity contribution < 1.29 is 9.47 Å². The maximum Gasteiger partial charge on any atom is 0.238 e. The number of rotatable bonds is 6. The highest BCUT2D eigenvalue weighted by Gasteiger charge is 2.17. The minimum Gasteiger partial charge on any atom is -0.479 e. The summed E-state index contributed by atoms with van der Waals surface area (Å²) < 4.78 is 13.9. The lowest BCUT2D eigenvalue weighted by Crippen LogP contribution is -2.22. The van der Waals surface area contributed by atoms with Crippen LogP contribution in [0.4, 0.5) is 0 Å². The standard InChI is InChI=1S/C15H20BrN3O2Si/c1-20-15-14-13(11(7-17)8-18-15)12(16)9-19(14)10-21-5-6-22(2,3)4/h8-9H,5-6,10H2,1-4H3. The van der Waals surface area contributed by atoms with Crippen LogP contribution in [0.5, 0.6) is 5.88 Å². The molecule has 2 rings (SSSR count). The fourth-order valence-corrected chi connectivity index (χ4v) is 3.54. The van der Waals surface area contributed by atoms with Crippen molar-refractivity contribution in [2.45, 2.75) is 32.4 Å². The van der Waals surface area contributed by atoms with Gasteiger partial charge in [0.25, 0.3) is 0 Å². The van der Waals surface area contributed by atoms with Gasteiger partial charge < -0.3 is 14.0 Å². The monoisotopic (exact) mass is 381 g/mol. The Bertz CT molecular complexity index is 716. The second kappa shape index (κ2) is 6.81. The summed E-state index contributed by atoms with van der Waals surface area (Å²) in [6.07, 6.45) is 3.44. The summed E-state index contributed by atoms with van der Waals surface area (Å²) in [7, 11) is 0.475. The number of hydrogen-bond donors (Lipinski definition) is 0. The van der Waals surface area contributed by atoms with Crippen LogP contribution >= 0.6 is 15.9 Å². The normalized spacial score (nSPS) is 11.6. The van der Waals surface area contributed by atoms with Gasteiger partial charge in [0, 0.05) is 36.9 Å². The van der Waals surface area contributed by atoms with E-state index in [0.29, 0.717) is 18.2 Å². The number of nitriles is 1. The molecule has 0 fully saturated rings. The molecule has 7 heteroatoms. The SMILES string of the molecule is COc1ncc(C#N)c2c(Br)cn(COCC[Si](C)(C)C)c12. The summed E-state index contributed by atoms with van der Waals surface area (Å²) in [6, 6.07) is 3.28. The molecule has 2 heterocycles. The van der Waals surface area contributed by atoms with Crippen molar-refractivity contribution in [2.75, 3.05) is 13.7 Å². The van der Waals surface area contributed by atoms with Gasteiger partial charge in [0.05, 0.1) is 12.7 Å². The van der Waals surface area contributed by atoms with Crippen LogP contribution in [-0.2, 0) is 11.5 Å². The molecule has 0 spiro atoms. The van der Waals surface area contributed by atoms with Crippen molar-refractivity contribution in [3.63, 3.8) is 0 Å². The van der Waals surface area contributed by atoms with Crippen LogP contribution in [0.25, 0.3) is 10.9 Å². The molecule has 0 aliphatic rings. The average molecular weight is 382 g/mol. The first-order chi connectivity index (χ1) is 10.4. The fourth-order valence-electron chi connectivity index (χ4n) is 2.13. The minimum atomic E-state index is -1.10. The average Bonchev–Trinajstić information content (AvgIpc) is 2.79. The topological polar surface area (TPSA) is 60.1 Å². The van der Waals surface area contributed by atoms with Gasteiger partial charge in [-0.1, -0.05) is 19.6 Å². The number of ether oxygens (including phenoxy) is 2. The van der Waals surface area contributed by atoms with Crippen LogP contribution < -0.4 is 4.74 Å². The maximum absolute atomic E-state index is 9.25. The molecule has 22 heavy (non-hydrogen) atoms. The number of hydrogen-bond acceptors (Lipinski definition) is 4. The van der Waals surface area contributed by atoms with E-state index in [4.69, 9.17) is 9.47 Å². The highest BCUT2D eigenvalue weighted by molar-refractivity contribution is 9.10. The van der Waals surface area contributed by atoms with Gasteiger partial charge in [-0.15, -0.1) is 0 Å². The van der Waals surface area contributed by atoms with Gasteiger partial charge in [-0.25, -0.2) is 4.98 Å². The van der Waals surface area contributed by atoms with E-state index in [1.165, 1.54) is 6.20 Å².